The van der Waals surface area contributed by atoms with Crippen molar-refractivity contribution in [3.05, 3.63) is 46.2 Å². The Labute approximate surface area is 443 Å². The second-order valence-corrected chi connectivity index (χ2v) is 21.5. The number of fused-ring (bicyclic) bond motifs is 1. The lowest BCUT2D eigenvalue weighted by Crippen LogP contribution is -2.59. The molecule has 5 N–H and O–H groups in total. The molecule has 2 heterocycles. The number of amides is 4. The molecule has 0 radical (unpaired) electrons. The average Bonchev–Trinajstić information content (AvgIpc) is 3.88. The van der Waals surface area contributed by atoms with E-state index >= 15 is 0 Å². The number of carbonyl (C=O) groups is 6. The van der Waals surface area contributed by atoms with Gasteiger partial charge in [-0.15, -0.1) is 11.8 Å². The summed E-state index contributed by atoms with van der Waals surface area (Å²) < 4.78 is 42.7. The lowest BCUT2D eigenvalue weighted by molar-refractivity contribution is -0.191. The van der Waals surface area contributed by atoms with E-state index in [0.717, 1.165) is 45.1 Å². The first-order valence-corrected chi connectivity index (χ1v) is 27.8. The molecule has 74 heavy (non-hydrogen) atoms. The third-order valence-electron chi connectivity index (χ3n) is 14.1. The predicted molar refractivity (Wildman–Crippen MR) is 281 cm³/mol. The molecule has 0 saturated carbocycles. The van der Waals surface area contributed by atoms with E-state index in [1.165, 1.54) is 31.0 Å². The van der Waals surface area contributed by atoms with Crippen molar-refractivity contribution in [1.29, 1.82) is 0 Å². The van der Waals surface area contributed by atoms with Crippen LogP contribution in [0.25, 0.3) is 0 Å². The van der Waals surface area contributed by atoms with Crippen molar-refractivity contribution >= 4 is 47.3 Å². The Bertz CT molecular complexity index is 2020. The van der Waals surface area contributed by atoms with E-state index in [2.05, 4.69) is 40.0 Å². The number of nitrogens with one attached hydrogen (secondary N) is 4. The maximum absolute atomic E-state index is 14.8. The monoisotopic (exact) mass is 1060 g/mol. The Balaban J connectivity index is 1.36. The van der Waals surface area contributed by atoms with Gasteiger partial charge in [0.05, 0.1) is 37.3 Å². The Hall–Kier alpha value is -4.34. The number of nitrogens with zero attached hydrogens (tertiary/aromatic N) is 2. The van der Waals surface area contributed by atoms with Gasteiger partial charge in [0.25, 0.3) is 5.91 Å². The molecule has 11 atom stereocenters. The van der Waals surface area contributed by atoms with Crippen LogP contribution in [0.1, 0.15) is 143 Å². The van der Waals surface area contributed by atoms with Gasteiger partial charge in [-0.05, 0) is 114 Å². The first-order valence-electron chi connectivity index (χ1n) is 26.9. The fourth-order valence-corrected chi connectivity index (χ4v) is 10.6. The van der Waals surface area contributed by atoms with E-state index in [9.17, 15) is 33.2 Å². The number of benzene rings is 1. The van der Waals surface area contributed by atoms with Crippen LogP contribution in [0.5, 0.6) is 0 Å². The third-order valence-corrected chi connectivity index (χ3v) is 15.1. The molecule has 4 amide bonds. The largest absolute Gasteiger partial charge is 0.460 e. The number of hydrogen-bond donors (Lipinski definition) is 5. The van der Waals surface area contributed by atoms with E-state index in [-0.39, 0.29) is 98.4 Å². The summed E-state index contributed by atoms with van der Waals surface area (Å²) in [5.41, 5.74) is 1.51. The Morgan fingerprint density at radius 1 is 1.01 bits per heavy atom. The quantitative estimate of drug-likeness (QED) is 0.0462. The standard InChI is InChI=1S/C54H87FN6O12S/c1-11-22-61(53(67)49(34(6)13-3)59-51(66)43-17-14-15-23-60(43)9)44(33(4)5)28-45(70-24-12-2)52-58-42(32-74-52)50(65)57-39-25-37-20-21-38(55)26-40(37)41(27-39)54(68)73-35(7)29-56-46(63)18-16-19-47(64)71-31-48(69-10)72-36(8)30-62/h20-21,26,32-36,39,41,43-45,48-49,52,58,62H,11-19,22-25,27-31H2,1-10H3,(H,56,63)(H,57,65)(H,59,66)/t34-,35?,36?,39-,41+,43+,44+,45+,48?,49-,52?/m0/s1. The predicted octanol–water partition coefficient (Wildman–Crippen LogP) is 5.44. The van der Waals surface area contributed by atoms with Crippen LogP contribution in [0, 0.1) is 17.7 Å². The minimum atomic E-state index is -0.901. The highest BCUT2D eigenvalue weighted by molar-refractivity contribution is 8.03. The molecule has 2 aliphatic heterocycles. The SMILES string of the molecule is CCCO[C@H](C[C@H](C(C)C)N(CCC)C(=O)[C@@H](NC(=O)[C@H]1CCCCN1C)[C@@H](C)CC)C1NC(C(=O)N[C@H]2Cc3ccc(F)cc3[C@H](C(=O)OC(C)CNC(=O)CCCC(=O)OCC(OC)OC(C)CO)C2)=CS1. The number of esters is 2. The fraction of sp³-hybridized carbons (Fsp3) is 0.741. The second-order valence-electron chi connectivity index (χ2n) is 20.5. The Kier molecular flexibility index (Phi) is 26.6. The number of carbonyl (C=O) groups excluding carboxylic acids is 6. The van der Waals surface area contributed by atoms with Gasteiger partial charge in [-0.3, -0.25) is 33.7 Å². The molecule has 0 spiro atoms. The molecule has 18 nitrogen and oxygen atoms in total. The smallest absolute Gasteiger partial charge is 0.313 e. The summed E-state index contributed by atoms with van der Waals surface area (Å²) in [4.78, 5) is 85.3. The van der Waals surface area contributed by atoms with Gasteiger partial charge in [0, 0.05) is 50.6 Å². The summed E-state index contributed by atoms with van der Waals surface area (Å²) in [7, 11) is 3.36. The van der Waals surface area contributed by atoms with Gasteiger partial charge in [-0.25, -0.2) is 4.39 Å². The number of rotatable bonds is 31. The van der Waals surface area contributed by atoms with Crippen LogP contribution >= 0.6 is 11.8 Å². The molecule has 1 saturated heterocycles. The highest BCUT2D eigenvalue weighted by atomic mass is 32.2. The van der Waals surface area contributed by atoms with Gasteiger partial charge in [0.2, 0.25) is 17.7 Å². The Morgan fingerprint density at radius 2 is 1.77 bits per heavy atom. The maximum Gasteiger partial charge on any atom is 0.313 e. The van der Waals surface area contributed by atoms with Crippen LogP contribution in [-0.4, -0.2) is 158 Å². The minimum absolute atomic E-state index is 0.00449. The molecule has 20 heteroatoms. The van der Waals surface area contributed by atoms with E-state index in [1.54, 1.807) is 25.3 Å². The van der Waals surface area contributed by atoms with Crippen LogP contribution in [-0.2, 0) is 58.9 Å². The van der Waals surface area contributed by atoms with E-state index in [4.69, 9.17) is 28.8 Å². The van der Waals surface area contributed by atoms with Crippen LogP contribution in [0.15, 0.2) is 29.3 Å². The normalized spacial score (nSPS) is 21.6. The van der Waals surface area contributed by atoms with Crippen molar-refractivity contribution in [2.45, 2.75) is 193 Å². The number of aliphatic hydroxyl groups is 1. The summed E-state index contributed by atoms with van der Waals surface area (Å²) >= 11 is 1.44. The van der Waals surface area contributed by atoms with Crippen molar-refractivity contribution in [2.24, 2.45) is 11.8 Å². The van der Waals surface area contributed by atoms with Crippen molar-refractivity contribution in [3.8, 4) is 0 Å². The lowest BCUT2D eigenvalue weighted by Gasteiger charge is -2.41. The summed E-state index contributed by atoms with van der Waals surface area (Å²) in [6.07, 6.45) is 3.69. The van der Waals surface area contributed by atoms with Gasteiger partial charge in [0.1, 0.15) is 35.6 Å². The van der Waals surface area contributed by atoms with Gasteiger partial charge in [-0.1, -0.05) is 60.5 Å². The highest BCUT2D eigenvalue weighted by Crippen LogP contribution is 2.35. The number of piperidine rings is 1. The average molecular weight is 1060 g/mol. The molecule has 0 aromatic heterocycles. The van der Waals surface area contributed by atoms with E-state index in [1.807, 2.05) is 39.6 Å². The molecule has 1 fully saturated rings. The molecule has 418 valence electrons. The highest BCUT2D eigenvalue weighted by Gasteiger charge is 2.41. The van der Waals surface area contributed by atoms with Crippen molar-refractivity contribution in [2.75, 3.05) is 53.6 Å². The zero-order valence-electron chi connectivity index (χ0n) is 45.6. The molecule has 1 aliphatic carbocycles. The minimum Gasteiger partial charge on any atom is -0.460 e. The van der Waals surface area contributed by atoms with Crippen molar-refractivity contribution < 1.29 is 61.9 Å². The van der Waals surface area contributed by atoms with E-state index < -0.39 is 60.4 Å². The van der Waals surface area contributed by atoms with Crippen LogP contribution in [0.4, 0.5) is 4.39 Å². The molecular formula is C54H87FN6O12S. The number of methoxy groups -OCH3 is 1. The van der Waals surface area contributed by atoms with Crippen LogP contribution < -0.4 is 21.3 Å². The van der Waals surface area contributed by atoms with Gasteiger partial charge in [0.15, 0.2) is 6.29 Å². The number of halogens is 1. The molecule has 0 bridgehead atoms. The molecular weight excluding hydrogens is 976 g/mol. The molecule has 1 aromatic rings. The summed E-state index contributed by atoms with van der Waals surface area (Å²) in [6, 6.07) is 2.57. The first kappa shape index (κ1) is 62.2. The van der Waals surface area contributed by atoms with E-state index in [0.29, 0.717) is 42.8 Å². The van der Waals surface area contributed by atoms with Crippen LogP contribution in [0.2, 0.25) is 0 Å². The third kappa shape index (κ3) is 19.0. The Morgan fingerprint density at radius 3 is 2.43 bits per heavy atom. The summed E-state index contributed by atoms with van der Waals surface area (Å²) in [5, 5.41) is 23.0. The van der Waals surface area contributed by atoms with Gasteiger partial charge >= 0.3 is 11.9 Å². The second kappa shape index (κ2) is 31.6. The van der Waals surface area contributed by atoms with Gasteiger partial charge < -0.3 is 55.0 Å². The lowest BCUT2D eigenvalue weighted by atomic mass is 9.80. The zero-order valence-corrected chi connectivity index (χ0v) is 46.4. The molecule has 1 aromatic carbocycles. The van der Waals surface area contributed by atoms with Crippen molar-refractivity contribution in [3.63, 3.8) is 0 Å². The number of thioether (sulfide) groups is 1. The van der Waals surface area contributed by atoms with Crippen molar-refractivity contribution in [1.82, 2.24) is 31.1 Å². The fourth-order valence-electron chi connectivity index (χ4n) is 9.60. The molecule has 3 aliphatic rings. The number of aliphatic hydroxyl groups excluding tert-OH is 1. The summed E-state index contributed by atoms with van der Waals surface area (Å²) in [5.74, 6) is -3.54. The number of likely N-dealkylation sites (N-methyl/N-ethyl adjacent to an activating group) is 1. The summed E-state index contributed by atoms with van der Waals surface area (Å²) in [6.45, 7) is 17.0. The molecule has 4 rings (SSSR count). The molecule has 4 unspecified atom stereocenters. The first-order chi connectivity index (χ1) is 35.3. The zero-order chi connectivity index (χ0) is 54.5. The van der Waals surface area contributed by atoms with Crippen LogP contribution in [0.3, 0.4) is 0 Å². The number of ether oxygens (including phenoxy) is 5. The topological polar surface area (TPSA) is 223 Å². The number of hydrogen-bond acceptors (Lipinski definition) is 15. The maximum atomic E-state index is 14.8. The van der Waals surface area contributed by atoms with Gasteiger partial charge in [-0.2, -0.15) is 0 Å². The number of likely N-dealkylation sites (tertiary alicyclic amines) is 1.